The molecule has 1 aliphatic heterocycles. The molecule has 1 aromatic rings. The minimum atomic E-state index is 0.0932. The van der Waals surface area contributed by atoms with Gasteiger partial charge >= 0.3 is 0 Å². The molecule has 2 heterocycles. The normalized spacial score (nSPS) is 25.1. The molecule has 1 saturated heterocycles. The summed E-state index contributed by atoms with van der Waals surface area (Å²) in [6.45, 7) is 6.15. The summed E-state index contributed by atoms with van der Waals surface area (Å²) in [6, 6.07) is 0. The second-order valence-electron chi connectivity index (χ2n) is 4.96. The minimum absolute atomic E-state index is 0.0932. The van der Waals surface area contributed by atoms with Gasteiger partial charge in [-0.1, -0.05) is 0 Å². The quantitative estimate of drug-likeness (QED) is 0.784. The third-order valence-corrected chi connectivity index (χ3v) is 3.21. The fraction of sp³-hybridized carbons (Fsp3) is 0.750. The number of nitrogens with one attached hydrogen (secondary N) is 1. The molecule has 1 aromatic heterocycles. The average molecular weight is 238 g/mol. The lowest BCUT2D eigenvalue weighted by molar-refractivity contribution is 0.0276. The van der Waals surface area contributed by atoms with Gasteiger partial charge in [0.25, 0.3) is 0 Å². The number of imidazole rings is 1. The summed E-state index contributed by atoms with van der Waals surface area (Å²) in [6.07, 6.45) is 6.18. The largest absolute Gasteiger partial charge is 0.380 e. The van der Waals surface area contributed by atoms with Crippen LogP contribution in [0.5, 0.6) is 0 Å². The first kappa shape index (κ1) is 12.5. The lowest BCUT2D eigenvalue weighted by Gasteiger charge is -2.34. The first-order chi connectivity index (χ1) is 8.22. The molecule has 0 bridgehead atoms. The van der Waals surface area contributed by atoms with Gasteiger partial charge in [0.1, 0.15) is 0 Å². The Kier molecular flexibility index (Phi) is 4.15. The van der Waals surface area contributed by atoms with Crippen LogP contribution in [0.4, 0.5) is 0 Å². The van der Waals surface area contributed by atoms with Crippen LogP contribution < -0.4 is 11.1 Å². The molecule has 96 valence electrons. The first-order valence-corrected chi connectivity index (χ1v) is 6.25. The van der Waals surface area contributed by atoms with E-state index >= 15 is 0 Å². The van der Waals surface area contributed by atoms with Gasteiger partial charge in [-0.3, -0.25) is 0 Å². The van der Waals surface area contributed by atoms with Crippen LogP contribution in [0.1, 0.15) is 25.5 Å². The van der Waals surface area contributed by atoms with Crippen molar-refractivity contribution in [3.63, 3.8) is 0 Å². The fourth-order valence-electron chi connectivity index (χ4n) is 2.15. The van der Waals surface area contributed by atoms with Crippen molar-refractivity contribution in [3.8, 4) is 0 Å². The summed E-state index contributed by atoms with van der Waals surface area (Å²) in [5, 5.41) is 3.54. The van der Waals surface area contributed by atoms with Gasteiger partial charge in [-0.25, -0.2) is 4.98 Å². The van der Waals surface area contributed by atoms with Crippen molar-refractivity contribution in [2.24, 2.45) is 5.73 Å². The topological polar surface area (TPSA) is 65.1 Å². The summed E-state index contributed by atoms with van der Waals surface area (Å²) in [4.78, 5) is 4.35. The highest BCUT2D eigenvalue weighted by atomic mass is 16.5. The second-order valence-corrected chi connectivity index (χ2v) is 4.96. The lowest BCUT2D eigenvalue weighted by Crippen LogP contribution is -2.48. The van der Waals surface area contributed by atoms with Crippen LogP contribution in [0, 0.1) is 0 Å². The van der Waals surface area contributed by atoms with E-state index in [1.165, 1.54) is 0 Å². The van der Waals surface area contributed by atoms with Crippen LogP contribution in [-0.4, -0.2) is 34.8 Å². The maximum atomic E-state index is 5.51. The van der Waals surface area contributed by atoms with Crippen molar-refractivity contribution < 1.29 is 4.74 Å². The Bertz CT molecular complexity index is 344. The Morgan fingerprint density at radius 3 is 3.24 bits per heavy atom. The van der Waals surface area contributed by atoms with Crippen LogP contribution >= 0.6 is 0 Å². The van der Waals surface area contributed by atoms with Crippen molar-refractivity contribution in [1.29, 1.82) is 0 Å². The van der Waals surface area contributed by atoms with E-state index in [1.54, 1.807) is 0 Å². The second kappa shape index (κ2) is 5.62. The number of nitrogens with zero attached hydrogens (tertiary/aromatic N) is 2. The van der Waals surface area contributed by atoms with Crippen molar-refractivity contribution >= 4 is 0 Å². The molecule has 0 saturated carbocycles. The van der Waals surface area contributed by atoms with Crippen molar-refractivity contribution in [2.45, 2.75) is 38.4 Å². The van der Waals surface area contributed by atoms with E-state index < -0.39 is 0 Å². The number of hydrogen-bond acceptors (Lipinski definition) is 4. The number of aromatic nitrogens is 2. The van der Waals surface area contributed by atoms with Crippen molar-refractivity contribution in [2.75, 3.05) is 19.8 Å². The molecule has 2 rings (SSSR count). The Labute approximate surface area is 102 Å². The monoisotopic (exact) mass is 238 g/mol. The van der Waals surface area contributed by atoms with E-state index in [0.29, 0.717) is 6.54 Å². The zero-order valence-corrected chi connectivity index (χ0v) is 10.5. The van der Waals surface area contributed by atoms with Crippen LogP contribution in [0.3, 0.4) is 0 Å². The highest BCUT2D eigenvalue weighted by Crippen LogP contribution is 2.18. The molecule has 5 nitrogen and oxygen atoms in total. The standard InChI is InChI=1S/C12H22N4O/c1-12(3-2-6-17-9-12)15-7-11-8-16(5-4-13)10-14-11/h8,10,15H,2-7,9,13H2,1H3. The molecule has 17 heavy (non-hydrogen) atoms. The SMILES string of the molecule is CC1(NCc2cn(CCN)cn2)CCCOC1. The molecule has 3 N–H and O–H groups in total. The van der Waals surface area contributed by atoms with E-state index in [4.69, 9.17) is 10.5 Å². The number of hydrogen-bond donors (Lipinski definition) is 2. The van der Waals surface area contributed by atoms with Crippen LogP contribution in [0.25, 0.3) is 0 Å². The fourth-order valence-corrected chi connectivity index (χ4v) is 2.15. The Morgan fingerprint density at radius 2 is 2.53 bits per heavy atom. The highest BCUT2D eigenvalue weighted by Gasteiger charge is 2.26. The number of ether oxygens (including phenoxy) is 1. The van der Waals surface area contributed by atoms with E-state index in [9.17, 15) is 0 Å². The molecular formula is C12H22N4O. The Hall–Kier alpha value is -0.910. The predicted molar refractivity (Wildman–Crippen MR) is 66.6 cm³/mol. The maximum absolute atomic E-state index is 5.51. The molecule has 1 atom stereocenters. The molecule has 1 aliphatic rings. The summed E-state index contributed by atoms with van der Waals surface area (Å²) in [7, 11) is 0. The molecule has 5 heteroatoms. The molecular weight excluding hydrogens is 216 g/mol. The van der Waals surface area contributed by atoms with Crippen LogP contribution in [-0.2, 0) is 17.8 Å². The predicted octanol–water partition coefficient (Wildman–Crippen LogP) is 0.501. The van der Waals surface area contributed by atoms with Gasteiger partial charge in [0.2, 0.25) is 0 Å². The van der Waals surface area contributed by atoms with Crippen LogP contribution in [0.15, 0.2) is 12.5 Å². The summed E-state index contributed by atoms with van der Waals surface area (Å²) < 4.78 is 7.54. The van der Waals surface area contributed by atoms with E-state index in [2.05, 4.69) is 17.2 Å². The average Bonchev–Trinajstić information content (AvgIpc) is 2.76. The number of nitrogens with two attached hydrogens (primary N) is 1. The highest BCUT2D eigenvalue weighted by molar-refractivity contribution is 4.98. The zero-order chi connectivity index (χ0) is 12.1. The molecule has 0 aliphatic carbocycles. The van der Waals surface area contributed by atoms with E-state index in [-0.39, 0.29) is 5.54 Å². The third kappa shape index (κ3) is 3.52. The summed E-state index contributed by atoms with van der Waals surface area (Å²) in [5.41, 5.74) is 6.65. The first-order valence-electron chi connectivity index (χ1n) is 6.25. The van der Waals surface area contributed by atoms with Gasteiger partial charge in [0.05, 0.1) is 18.6 Å². The number of rotatable bonds is 5. The van der Waals surface area contributed by atoms with E-state index in [1.807, 2.05) is 17.1 Å². The van der Waals surface area contributed by atoms with Gasteiger partial charge in [-0.15, -0.1) is 0 Å². The molecule has 0 aromatic carbocycles. The van der Waals surface area contributed by atoms with Gasteiger partial charge < -0.3 is 20.4 Å². The minimum Gasteiger partial charge on any atom is -0.380 e. The molecule has 1 fully saturated rings. The Morgan fingerprint density at radius 1 is 1.65 bits per heavy atom. The molecule has 0 radical (unpaired) electrons. The van der Waals surface area contributed by atoms with Gasteiger partial charge in [0, 0.05) is 38.0 Å². The smallest absolute Gasteiger partial charge is 0.0950 e. The van der Waals surface area contributed by atoms with Crippen molar-refractivity contribution in [1.82, 2.24) is 14.9 Å². The Balaban J connectivity index is 1.83. The van der Waals surface area contributed by atoms with Gasteiger partial charge in [0.15, 0.2) is 0 Å². The zero-order valence-electron chi connectivity index (χ0n) is 10.5. The lowest BCUT2D eigenvalue weighted by atomic mass is 9.95. The third-order valence-electron chi connectivity index (χ3n) is 3.21. The van der Waals surface area contributed by atoms with Crippen molar-refractivity contribution in [3.05, 3.63) is 18.2 Å². The van der Waals surface area contributed by atoms with Gasteiger partial charge in [-0.2, -0.15) is 0 Å². The van der Waals surface area contributed by atoms with Gasteiger partial charge in [-0.05, 0) is 19.8 Å². The molecule has 0 spiro atoms. The summed E-state index contributed by atoms with van der Waals surface area (Å²) >= 11 is 0. The van der Waals surface area contributed by atoms with E-state index in [0.717, 1.165) is 44.8 Å². The molecule has 1 unspecified atom stereocenters. The van der Waals surface area contributed by atoms with Crippen LogP contribution in [0.2, 0.25) is 0 Å². The molecule has 0 amide bonds. The summed E-state index contributed by atoms with van der Waals surface area (Å²) in [5.74, 6) is 0. The maximum Gasteiger partial charge on any atom is 0.0950 e.